The number of fused-ring (bicyclic) bond motifs is 2. The highest BCUT2D eigenvalue weighted by Gasteiger charge is 2.44. The molecule has 3 heterocycles. The van der Waals surface area contributed by atoms with Gasteiger partial charge in [-0.15, -0.1) is 0 Å². The van der Waals surface area contributed by atoms with E-state index in [2.05, 4.69) is 9.97 Å². The van der Waals surface area contributed by atoms with Crippen LogP contribution in [0.15, 0.2) is 35.5 Å². The molecule has 0 spiro atoms. The Morgan fingerprint density at radius 3 is 2.64 bits per heavy atom. The van der Waals surface area contributed by atoms with Crippen molar-refractivity contribution in [2.45, 2.75) is 41.5 Å². The second kappa shape index (κ2) is 7.51. The molecule has 4 rings (SSSR count). The Kier molecular flexibility index (Phi) is 5.21. The van der Waals surface area contributed by atoms with Gasteiger partial charge >= 0.3 is 6.18 Å². The highest BCUT2D eigenvalue weighted by molar-refractivity contribution is 7.99. The molecule has 10 heteroatoms. The van der Waals surface area contributed by atoms with E-state index in [0.29, 0.717) is 17.7 Å². The number of hydrogen-bond donors (Lipinski definition) is 1. The van der Waals surface area contributed by atoms with Gasteiger partial charge in [0.25, 0.3) is 0 Å². The van der Waals surface area contributed by atoms with Gasteiger partial charge in [0.05, 0.1) is 25.5 Å². The van der Waals surface area contributed by atoms with Crippen molar-refractivity contribution < 1.29 is 32.5 Å². The highest BCUT2D eigenvalue weighted by atomic mass is 32.2. The van der Waals surface area contributed by atoms with Gasteiger partial charge in [0, 0.05) is 10.8 Å². The Morgan fingerprint density at radius 1 is 1.21 bits per heavy atom. The van der Waals surface area contributed by atoms with Crippen LogP contribution in [0, 0.1) is 0 Å². The fourth-order valence-corrected chi connectivity index (χ4v) is 4.29. The SMILES string of the molecule is COc1ccc(-c2cc(C(F)(F)F)nc(S[C@H]3C[C@H](O)[C@@H]4OC[C@H]3O4)n2)cc1. The minimum absolute atomic E-state index is 0.0215. The monoisotopic (exact) mass is 414 g/mol. The highest BCUT2D eigenvalue weighted by Crippen LogP contribution is 2.39. The molecule has 2 fully saturated rings. The average Bonchev–Trinajstić information content (AvgIpc) is 3.11. The van der Waals surface area contributed by atoms with Gasteiger partial charge in [-0.2, -0.15) is 13.2 Å². The number of nitrogens with zero attached hydrogens (tertiary/aromatic N) is 2. The first-order chi connectivity index (χ1) is 13.3. The maximum absolute atomic E-state index is 13.4. The Hall–Kier alpha value is -1.88. The van der Waals surface area contributed by atoms with Crippen LogP contribution in [0.3, 0.4) is 0 Å². The summed E-state index contributed by atoms with van der Waals surface area (Å²) in [4.78, 5) is 8.00. The van der Waals surface area contributed by atoms with Gasteiger partial charge < -0.3 is 19.3 Å². The molecule has 0 aliphatic carbocycles. The fourth-order valence-electron chi connectivity index (χ4n) is 3.13. The van der Waals surface area contributed by atoms with Gasteiger partial charge in [-0.05, 0) is 36.8 Å². The van der Waals surface area contributed by atoms with Gasteiger partial charge in [-0.25, -0.2) is 9.97 Å². The molecule has 6 nitrogen and oxygen atoms in total. The zero-order valence-electron chi connectivity index (χ0n) is 14.7. The van der Waals surface area contributed by atoms with E-state index in [1.165, 1.54) is 7.11 Å². The van der Waals surface area contributed by atoms with Gasteiger partial charge in [-0.1, -0.05) is 11.8 Å². The Bertz CT molecular complexity index is 850. The lowest BCUT2D eigenvalue weighted by atomic mass is 10.1. The van der Waals surface area contributed by atoms with E-state index in [0.717, 1.165) is 17.8 Å². The summed E-state index contributed by atoms with van der Waals surface area (Å²) in [5.41, 5.74) is -0.348. The molecule has 2 aromatic rings. The molecule has 28 heavy (non-hydrogen) atoms. The lowest BCUT2D eigenvalue weighted by molar-refractivity contribution is -0.150. The van der Waals surface area contributed by atoms with Crippen molar-refractivity contribution in [2.24, 2.45) is 0 Å². The normalized spacial score (nSPS) is 27.0. The number of aromatic nitrogens is 2. The van der Waals surface area contributed by atoms with Crippen molar-refractivity contribution in [1.82, 2.24) is 9.97 Å². The summed E-state index contributed by atoms with van der Waals surface area (Å²) in [6.45, 7) is 0.281. The molecule has 0 saturated carbocycles. The van der Waals surface area contributed by atoms with Crippen molar-refractivity contribution >= 4 is 11.8 Å². The van der Waals surface area contributed by atoms with E-state index in [1.54, 1.807) is 24.3 Å². The maximum atomic E-state index is 13.4. The second-order valence-corrected chi connectivity index (χ2v) is 7.69. The van der Waals surface area contributed by atoms with Crippen LogP contribution in [-0.2, 0) is 15.7 Å². The molecule has 1 N–H and O–H groups in total. The maximum Gasteiger partial charge on any atom is 0.433 e. The quantitative estimate of drug-likeness (QED) is 0.771. The van der Waals surface area contributed by atoms with Gasteiger partial charge in [0.2, 0.25) is 0 Å². The first kappa shape index (κ1) is 19.4. The summed E-state index contributed by atoms with van der Waals surface area (Å²) in [7, 11) is 1.51. The molecule has 0 amide bonds. The molecule has 1 aromatic heterocycles. The largest absolute Gasteiger partial charge is 0.497 e. The number of halogens is 3. The van der Waals surface area contributed by atoms with E-state index in [-0.39, 0.29) is 28.8 Å². The number of thioether (sulfide) groups is 1. The van der Waals surface area contributed by atoms with Crippen LogP contribution >= 0.6 is 11.8 Å². The fraction of sp³-hybridized carbons (Fsp3) is 0.444. The van der Waals surface area contributed by atoms with E-state index < -0.39 is 24.3 Å². The number of rotatable bonds is 4. The molecular weight excluding hydrogens is 397 g/mol. The minimum Gasteiger partial charge on any atom is -0.497 e. The average molecular weight is 414 g/mol. The van der Waals surface area contributed by atoms with Crippen LogP contribution in [0.4, 0.5) is 13.2 Å². The summed E-state index contributed by atoms with van der Waals surface area (Å²) in [6.07, 6.45) is -6.09. The summed E-state index contributed by atoms with van der Waals surface area (Å²) < 4.78 is 56.1. The van der Waals surface area contributed by atoms with Crippen molar-refractivity contribution in [3.63, 3.8) is 0 Å². The zero-order chi connectivity index (χ0) is 19.9. The standard InChI is InChI=1S/C18H17F3N2O4S/c1-25-10-4-2-9(3-5-10)11-6-15(18(19,20)21)23-17(22-11)28-14-7-12(24)16-26-8-13(14)27-16/h2-6,12-14,16,24H,7-8H2,1H3/t12-,13+,14-,16+/m0/s1. The molecule has 4 atom stereocenters. The lowest BCUT2D eigenvalue weighted by Gasteiger charge is -2.30. The van der Waals surface area contributed by atoms with Gasteiger partial charge in [0.1, 0.15) is 17.5 Å². The van der Waals surface area contributed by atoms with Crippen LogP contribution < -0.4 is 4.74 Å². The van der Waals surface area contributed by atoms with Crippen LogP contribution in [0.5, 0.6) is 5.75 Å². The third-order valence-electron chi connectivity index (χ3n) is 4.57. The Morgan fingerprint density at radius 2 is 1.96 bits per heavy atom. The Labute approximate surface area is 163 Å². The predicted molar refractivity (Wildman–Crippen MR) is 93.9 cm³/mol. The third-order valence-corrected chi connectivity index (χ3v) is 5.77. The van der Waals surface area contributed by atoms with Crippen LogP contribution in [0.1, 0.15) is 12.1 Å². The smallest absolute Gasteiger partial charge is 0.433 e. The molecule has 2 aliphatic heterocycles. The number of alkyl halides is 3. The molecule has 150 valence electrons. The van der Waals surface area contributed by atoms with Crippen molar-refractivity contribution in [2.75, 3.05) is 13.7 Å². The van der Waals surface area contributed by atoms with E-state index in [9.17, 15) is 18.3 Å². The van der Waals surface area contributed by atoms with E-state index in [4.69, 9.17) is 14.2 Å². The molecule has 2 aliphatic rings. The molecular formula is C18H17F3N2O4S. The predicted octanol–water partition coefficient (Wildman–Crippen LogP) is 3.14. The van der Waals surface area contributed by atoms with E-state index in [1.807, 2.05) is 0 Å². The number of benzene rings is 1. The molecule has 2 bridgehead atoms. The summed E-state index contributed by atoms with van der Waals surface area (Å²) in [6, 6.07) is 7.50. The number of methoxy groups -OCH3 is 1. The first-order valence-corrected chi connectivity index (χ1v) is 9.44. The van der Waals surface area contributed by atoms with Crippen molar-refractivity contribution in [1.29, 1.82) is 0 Å². The van der Waals surface area contributed by atoms with Crippen molar-refractivity contribution in [3.8, 4) is 17.0 Å². The molecule has 1 aromatic carbocycles. The third kappa shape index (κ3) is 3.95. The van der Waals surface area contributed by atoms with Gasteiger partial charge in [-0.3, -0.25) is 0 Å². The van der Waals surface area contributed by atoms with Gasteiger partial charge in [0.15, 0.2) is 11.4 Å². The summed E-state index contributed by atoms with van der Waals surface area (Å²) >= 11 is 1.06. The minimum atomic E-state index is -4.61. The number of ether oxygens (including phenoxy) is 3. The topological polar surface area (TPSA) is 73.7 Å². The Balaban J connectivity index is 1.66. The number of hydrogen-bond acceptors (Lipinski definition) is 7. The molecule has 0 radical (unpaired) electrons. The zero-order valence-corrected chi connectivity index (χ0v) is 15.5. The van der Waals surface area contributed by atoms with E-state index >= 15 is 0 Å². The summed E-state index contributed by atoms with van der Waals surface area (Å²) in [5.74, 6) is 0.590. The van der Waals surface area contributed by atoms with Crippen molar-refractivity contribution in [3.05, 3.63) is 36.0 Å². The molecule has 2 saturated heterocycles. The van der Waals surface area contributed by atoms with Crippen LogP contribution in [-0.4, -0.2) is 52.5 Å². The summed E-state index contributed by atoms with van der Waals surface area (Å²) in [5, 5.41) is 9.69. The lowest BCUT2D eigenvalue weighted by Crippen LogP contribution is -2.40. The number of aliphatic hydroxyl groups excluding tert-OH is 1. The van der Waals surface area contributed by atoms with Crippen LogP contribution in [0.25, 0.3) is 11.3 Å². The first-order valence-electron chi connectivity index (χ1n) is 8.56. The number of aliphatic hydroxyl groups is 1. The second-order valence-electron chi connectivity index (χ2n) is 6.48. The molecule has 0 unspecified atom stereocenters. The van der Waals surface area contributed by atoms with Crippen LogP contribution in [0.2, 0.25) is 0 Å².